The van der Waals surface area contributed by atoms with E-state index in [1.807, 2.05) is 32.6 Å². The molecule has 0 spiro atoms. The van der Waals surface area contributed by atoms with Crippen LogP contribution in [0.4, 0.5) is 0 Å². The van der Waals surface area contributed by atoms with Gasteiger partial charge in [0, 0.05) is 29.9 Å². The van der Waals surface area contributed by atoms with Crippen LogP contribution in [0.15, 0.2) is 6.07 Å². The van der Waals surface area contributed by atoms with E-state index in [2.05, 4.69) is 11.1 Å². The van der Waals surface area contributed by atoms with E-state index in [0.717, 1.165) is 17.0 Å². The first kappa shape index (κ1) is 12.2. The predicted octanol–water partition coefficient (Wildman–Crippen LogP) is 1.64. The highest BCUT2D eigenvalue weighted by Crippen LogP contribution is 2.35. The summed E-state index contributed by atoms with van der Waals surface area (Å²) in [4.78, 5) is 17.2. The molecular weight excluding hydrogens is 214 g/mol. The van der Waals surface area contributed by atoms with Crippen molar-refractivity contribution in [1.82, 2.24) is 9.88 Å². The molecule has 4 nitrogen and oxygen atoms in total. The number of rotatable bonds is 2. The fourth-order valence-corrected chi connectivity index (χ4v) is 2.82. The molecule has 3 N–H and O–H groups in total. The van der Waals surface area contributed by atoms with Gasteiger partial charge in [-0.25, -0.2) is 0 Å². The molecule has 1 saturated heterocycles. The number of aryl methyl sites for hydroxylation is 2. The van der Waals surface area contributed by atoms with Gasteiger partial charge in [0.2, 0.25) is 5.91 Å². The van der Waals surface area contributed by atoms with Crippen molar-refractivity contribution in [2.75, 3.05) is 0 Å². The van der Waals surface area contributed by atoms with Gasteiger partial charge in [0.15, 0.2) is 0 Å². The van der Waals surface area contributed by atoms with Crippen LogP contribution in [0.2, 0.25) is 0 Å². The SMILES string of the molecule is Cc1cc(C2C(N)CC(=O)N2C(C)C)c(C)[nH]1. The summed E-state index contributed by atoms with van der Waals surface area (Å²) < 4.78 is 0. The van der Waals surface area contributed by atoms with Crippen LogP contribution in [0.1, 0.15) is 43.3 Å². The summed E-state index contributed by atoms with van der Waals surface area (Å²) in [6.07, 6.45) is 0.451. The Morgan fingerprint density at radius 2 is 2.12 bits per heavy atom. The van der Waals surface area contributed by atoms with Gasteiger partial charge < -0.3 is 15.6 Å². The monoisotopic (exact) mass is 235 g/mol. The van der Waals surface area contributed by atoms with E-state index < -0.39 is 0 Å². The van der Waals surface area contributed by atoms with E-state index in [0.29, 0.717) is 6.42 Å². The Balaban J connectivity index is 2.41. The summed E-state index contributed by atoms with van der Waals surface area (Å²) in [6, 6.07) is 2.22. The van der Waals surface area contributed by atoms with Gasteiger partial charge in [0.25, 0.3) is 0 Å². The maximum absolute atomic E-state index is 12.0. The number of hydrogen-bond donors (Lipinski definition) is 2. The normalized spacial score (nSPS) is 25.1. The van der Waals surface area contributed by atoms with Gasteiger partial charge in [0.1, 0.15) is 0 Å². The summed E-state index contributed by atoms with van der Waals surface area (Å²) in [5.74, 6) is 0.163. The van der Waals surface area contributed by atoms with Crippen molar-refractivity contribution in [3.8, 4) is 0 Å². The van der Waals surface area contributed by atoms with Crippen molar-refractivity contribution in [3.63, 3.8) is 0 Å². The number of likely N-dealkylation sites (tertiary alicyclic amines) is 1. The maximum atomic E-state index is 12.0. The fourth-order valence-electron chi connectivity index (χ4n) is 2.82. The van der Waals surface area contributed by atoms with E-state index in [1.54, 1.807) is 0 Å². The number of amides is 1. The number of H-pyrrole nitrogens is 1. The highest BCUT2D eigenvalue weighted by Gasteiger charge is 2.40. The molecule has 1 aromatic heterocycles. The van der Waals surface area contributed by atoms with Crippen LogP contribution >= 0.6 is 0 Å². The number of carbonyl (C=O) groups is 1. The van der Waals surface area contributed by atoms with Crippen LogP contribution in [0.3, 0.4) is 0 Å². The summed E-state index contributed by atoms with van der Waals surface area (Å²) in [5.41, 5.74) is 9.53. The lowest BCUT2D eigenvalue weighted by molar-refractivity contribution is -0.130. The van der Waals surface area contributed by atoms with Crippen molar-refractivity contribution >= 4 is 5.91 Å². The molecule has 17 heavy (non-hydrogen) atoms. The van der Waals surface area contributed by atoms with E-state index >= 15 is 0 Å². The highest BCUT2D eigenvalue weighted by atomic mass is 16.2. The first-order chi connectivity index (χ1) is 7.91. The predicted molar refractivity (Wildman–Crippen MR) is 67.6 cm³/mol. The minimum Gasteiger partial charge on any atom is -0.362 e. The van der Waals surface area contributed by atoms with Gasteiger partial charge in [-0.15, -0.1) is 0 Å². The summed E-state index contributed by atoms with van der Waals surface area (Å²) >= 11 is 0. The number of nitrogens with one attached hydrogen (secondary N) is 1. The number of aromatic amines is 1. The van der Waals surface area contributed by atoms with Crippen LogP contribution in [0, 0.1) is 13.8 Å². The van der Waals surface area contributed by atoms with Gasteiger partial charge in [-0.05, 0) is 39.3 Å². The number of aromatic nitrogens is 1. The van der Waals surface area contributed by atoms with Gasteiger partial charge in [-0.2, -0.15) is 0 Å². The Hall–Kier alpha value is -1.29. The molecule has 0 radical (unpaired) electrons. The molecule has 0 aliphatic carbocycles. The fraction of sp³-hybridized carbons (Fsp3) is 0.615. The summed E-state index contributed by atoms with van der Waals surface area (Å²) in [5, 5.41) is 0. The molecule has 4 heteroatoms. The van der Waals surface area contributed by atoms with Gasteiger partial charge in [0.05, 0.1) is 6.04 Å². The zero-order chi connectivity index (χ0) is 12.7. The molecule has 1 aromatic rings. The Labute approximate surface area is 102 Å². The number of nitrogens with zero attached hydrogens (tertiary/aromatic N) is 1. The molecule has 2 atom stereocenters. The standard InChI is InChI=1S/C13H21N3O/c1-7(2)16-12(17)6-11(14)13(16)10-5-8(3)15-9(10)4/h5,7,11,13,15H,6,14H2,1-4H3. The van der Waals surface area contributed by atoms with E-state index in [-0.39, 0.29) is 24.0 Å². The molecule has 0 aromatic carbocycles. The van der Waals surface area contributed by atoms with Crippen LogP contribution in [0.5, 0.6) is 0 Å². The van der Waals surface area contributed by atoms with Crippen LogP contribution < -0.4 is 5.73 Å². The summed E-state index contributed by atoms with van der Waals surface area (Å²) in [6.45, 7) is 8.14. The van der Waals surface area contributed by atoms with Crippen LogP contribution in [-0.2, 0) is 4.79 Å². The molecule has 1 aliphatic rings. The Bertz CT molecular complexity index is 436. The zero-order valence-corrected chi connectivity index (χ0v) is 10.9. The van der Waals surface area contributed by atoms with Crippen molar-refractivity contribution in [2.45, 2.75) is 52.2 Å². The van der Waals surface area contributed by atoms with Crippen LogP contribution in [-0.4, -0.2) is 27.9 Å². The molecule has 94 valence electrons. The molecule has 2 heterocycles. The Morgan fingerprint density at radius 3 is 2.59 bits per heavy atom. The third-order valence-corrected chi connectivity index (χ3v) is 3.47. The lowest BCUT2D eigenvalue weighted by atomic mass is 10.0. The highest BCUT2D eigenvalue weighted by molar-refractivity contribution is 5.80. The second kappa shape index (κ2) is 4.18. The molecule has 2 rings (SSSR count). The number of nitrogens with two attached hydrogens (primary N) is 1. The third-order valence-electron chi connectivity index (χ3n) is 3.47. The minimum atomic E-state index is -0.0983. The average molecular weight is 235 g/mol. The lowest BCUT2D eigenvalue weighted by Crippen LogP contribution is -2.37. The maximum Gasteiger partial charge on any atom is 0.225 e. The number of hydrogen-bond acceptors (Lipinski definition) is 2. The van der Waals surface area contributed by atoms with E-state index in [9.17, 15) is 4.79 Å². The molecule has 1 amide bonds. The molecule has 0 saturated carbocycles. The Morgan fingerprint density at radius 1 is 1.47 bits per heavy atom. The second-order valence-corrected chi connectivity index (χ2v) is 5.24. The van der Waals surface area contributed by atoms with E-state index in [1.165, 1.54) is 0 Å². The molecule has 0 bridgehead atoms. The van der Waals surface area contributed by atoms with Crippen molar-refractivity contribution in [2.24, 2.45) is 5.73 Å². The largest absolute Gasteiger partial charge is 0.362 e. The molecular formula is C13H21N3O. The van der Waals surface area contributed by atoms with Crippen molar-refractivity contribution in [3.05, 3.63) is 23.0 Å². The van der Waals surface area contributed by atoms with Gasteiger partial charge >= 0.3 is 0 Å². The van der Waals surface area contributed by atoms with Crippen molar-refractivity contribution in [1.29, 1.82) is 0 Å². The van der Waals surface area contributed by atoms with Crippen molar-refractivity contribution < 1.29 is 4.79 Å². The quantitative estimate of drug-likeness (QED) is 0.818. The van der Waals surface area contributed by atoms with Crippen LogP contribution in [0.25, 0.3) is 0 Å². The average Bonchev–Trinajstić information content (AvgIpc) is 2.66. The first-order valence-electron chi connectivity index (χ1n) is 6.14. The minimum absolute atomic E-state index is 0.0208. The van der Waals surface area contributed by atoms with Gasteiger partial charge in [-0.1, -0.05) is 0 Å². The third kappa shape index (κ3) is 1.97. The van der Waals surface area contributed by atoms with Gasteiger partial charge in [-0.3, -0.25) is 4.79 Å². The second-order valence-electron chi connectivity index (χ2n) is 5.24. The van der Waals surface area contributed by atoms with E-state index in [4.69, 9.17) is 5.73 Å². The smallest absolute Gasteiger partial charge is 0.225 e. The summed E-state index contributed by atoms with van der Waals surface area (Å²) in [7, 11) is 0. The topological polar surface area (TPSA) is 62.1 Å². The molecule has 1 fully saturated rings. The molecule has 2 unspecified atom stereocenters. The first-order valence-corrected chi connectivity index (χ1v) is 6.14. The lowest BCUT2D eigenvalue weighted by Gasteiger charge is -2.30. The number of carbonyl (C=O) groups excluding carboxylic acids is 1. The molecule has 1 aliphatic heterocycles. The zero-order valence-electron chi connectivity index (χ0n) is 10.9. The Kier molecular flexibility index (Phi) is 3.00.